The lowest BCUT2D eigenvalue weighted by Crippen LogP contribution is -2.37. The molecule has 1 amide bonds. The van der Waals surface area contributed by atoms with Gasteiger partial charge in [0.2, 0.25) is 0 Å². The number of nitrogens with zero attached hydrogens (tertiary/aromatic N) is 1. The third-order valence-corrected chi connectivity index (χ3v) is 2.24. The zero-order valence-corrected chi connectivity index (χ0v) is 8.23. The van der Waals surface area contributed by atoms with Gasteiger partial charge in [-0.2, -0.15) is 0 Å². The second-order valence-electron chi connectivity index (χ2n) is 3.41. The Labute approximate surface area is 82.6 Å². The van der Waals surface area contributed by atoms with Gasteiger partial charge in [-0.1, -0.05) is 0 Å². The Balaban J connectivity index is 2.31. The summed E-state index contributed by atoms with van der Waals surface area (Å²) in [6, 6.07) is 0. The van der Waals surface area contributed by atoms with Gasteiger partial charge < -0.3 is 14.7 Å². The highest BCUT2D eigenvalue weighted by atomic mass is 16.5. The largest absolute Gasteiger partial charge is 0.481 e. The molecule has 1 saturated heterocycles. The van der Waals surface area contributed by atoms with Gasteiger partial charge in [0.25, 0.3) is 5.91 Å². The van der Waals surface area contributed by atoms with Gasteiger partial charge in [0.05, 0.1) is 6.42 Å². The molecule has 1 unspecified atom stereocenters. The van der Waals surface area contributed by atoms with E-state index in [1.165, 1.54) is 4.90 Å². The van der Waals surface area contributed by atoms with Crippen LogP contribution in [0.2, 0.25) is 0 Å². The summed E-state index contributed by atoms with van der Waals surface area (Å²) in [6.07, 6.45) is 1.28. The zero-order chi connectivity index (χ0) is 10.6. The van der Waals surface area contributed by atoms with Gasteiger partial charge in [0, 0.05) is 20.2 Å². The Kier molecular flexibility index (Phi) is 3.88. The molecule has 1 aliphatic heterocycles. The maximum atomic E-state index is 11.6. The molecule has 5 nitrogen and oxygen atoms in total. The van der Waals surface area contributed by atoms with E-state index >= 15 is 0 Å². The summed E-state index contributed by atoms with van der Waals surface area (Å²) in [7, 11) is 1.60. The van der Waals surface area contributed by atoms with Crippen molar-refractivity contribution < 1.29 is 19.4 Å². The number of hydrogen-bond donors (Lipinski definition) is 1. The lowest BCUT2D eigenvalue weighted by atomic mass is 10.2. The molecule has 1 heterocycles. The molecule has 0 aliphatic carbocycles. The second kappa shape index (κ2) is 4.95. The summed E-state index contributed by atoms with van der Waals surface area (Å²) in [6.45, 7) is 0.872. The Morgan fingerprint density at radius 1 is 1.57 bits per heavy atom. The van der Waals surface area contributed by atoms with Crippen LogP contribution in [0.3, 0.4) is 0 Å². The lowest BCUT2D eigenvalue weighted by Gasteiger charge is -2.19. The van der Waals surface area contributed by atoms with E-state index in [2.05, 4.69) is 0 Å². The SMILES string of the molecule is CN(CCC(=O)O)C(=O)C1CCCO1. The summed E-state index contributed by atoms with van der Waals surface area (Å²) in [4.78, 5) is 23.3. The van der Waals surface area contributed by atoms with Crippen molar-refractivity contribution in [1.29, 1.82) is 0 Å². The number of rotatable bonds is 4. The average molecular weight is 201 g/mol. The molecular formula is C9H15NO4. The predicted octanol–water partition coefficient (Wildman–Crippen LogP) is 0.0985. The van der Waals surface area contributed by atoms with Crippen LogP contribution in [0.25, 0.3) is 0 Å². The molecule has 5 heteroatoms. The quantitative estimate of drug-likeness (QED) is 0.700. The van der Waals surface area contributed by atoms with Gasteiger partial charge in [-0.15, -0.1) is 0 Å². The Hall–Kier alpha value is -1.10. The molecular weight excluding hydrogens is 186 g/mol. The highest BCUT2D eigenvalue weighted by molar-refractivity contribution is 5.81. The molecule has 0 aromatic heterocycles. The smallest absolute Gasteiger partial charge is 0.305 e. The van der Waals surface area contributed by atoms with Crippen molar-refractivity contribution >= 4 is 11.9 Å². The highest BCUT2D eigenvalue weighted by Crippen LogP contribution is 2.14. The number of likely N-dealkylation sites (N-methyl/N-ethyl adjacent to an activating group) is 1. The number of ether oxygens (including phenoxy) is 1. The van der Waals surface area contributed by atoms with Gasteiger partial charge in [-0.3, -0.25) is 9.59 Å². The molecule has 14 heavy (non-hydrogen) atoms. The van der Waals surface area contributed by atoms with Crippen molar-refractivity contribution in [3.05, 3.63) is 0 Å². The third-order valence-electron chi connectivity index (χ3n) is 2.24. The summed E-state index contributed by atoms with van der Waals surface area (Å²) in [5.74, 6) is -0.999. The maximum Gasteiger partial charge on any atom is 0.305 e. The van der Waals surface area contributed by atoms with Crippen molar-refractivity contribution in [2.45, 2.75) is 25.4 Å². The molecule has 0 bridgehead atoms. The van der Waals surface area contributed by atoms with Crippen LogP contribution in [0.5, 0.6) is 0 Å². The minimum absolute atomic E-state index is 0.0189. The van der Waals surface area contributed by atoms with Crippen molar-refractivity contribution in [3.8, 4) is 0 Å². The number of carboxylic acid groups (broad SMARTS) is 1. The average Bonchev–Trinajstić information content (AvgIpc) is 2.65. The number of carbonyl (C=O) groups excluding carboxylic acids is 1. The molecule has 0 spiro atoms. The minimum Gasteiger partial charge on any atom is -0.481 e. The second-order valence-corrected chi connectivity index (χ2v) is 3.41. The molecule has 80 valence electrons. The highest BCUT2D eigenvalue weighted by Gasteiger charge is 2.26. The van der Waals surface area contributed by atoms with Crippen molar-refractivity contribution in [2.24, 2.45) is 0 Å². The molecule has 1 N–H and O–H groups in total. The summed E-state index contributed by atoms with van der Waals surface area (Å²) in [5, 5.41) is 8.44. The predicted molar refractivity (Wildman–Crippen MR) is 48.9 cm³/mol. The normalized spacial score (nSPS) is 20.8. The maximum absolute atomic E-state index is 11.6. The Morgan fingerprint density at radius 3 is 2.79 bits per heavy atom. The van der Waals surface area contributed by atoms with E-state index in [0.717, 1.165) is 12.8 Å². The van der Waals surface area contributed by atoms with Crippen molar-refractivity contribution in [1.82, 2.24) is 4.90 Å². The first kappa shape index (κ1) is 11.0. The number of hydrogen-bond acceptors (Lipinski definition) is 3. The van der Waals surface area contributed by atoms with Crippen LogP contribution >= 0.6 is 0 Å². The summed E-state index contributed by atoms with van der Waals surface area (Å²) in [5.41, 5.74) is 0. The fourth-order valence-electron chi connectivity index (χ4n) is 1.39. The summed E-state index contributed by atoms with van der Waals surface area (Å²) < 4.78 is 5.20. The third kappa shape index (κ3) is 2.99. The topological polar surface area (TPSA) is 66.8 Å². The van der Waals surface area contributed by atoms with Gasteiger partial charge >= 0.3 is 5.97 Å². The first-order valence-corrected chi connectivity index (χ1v) is 4.69. The van der Waals surface area contributed by atoms with Crippen LogP contribution in [0.1, 0.15) is 19.3 Å². The molecule has 0 radical (unpaired) electrons. The number of aliphatic carboxylic acids is 1. The van der Waals surface area contributed by atoms with Crippen LogP contribution in [0.15, 0.2) is 0 Å². The standard InChI is InChI=1S/C9H15NO4/c1-10(5-4-8(11)12)9(13)7-3-2-6-14-7/h7H,2-6H2,1H3,(H,11,12). The van der Waals surface area contributed by atoms with E-state index < -0.39 is 5.97 Å². The Morgan fingerprint density at radius 2 is 2.29 bits per heavy atom. The molecule has 0 aromatic carbocycles. The lowest BCUT2D eigenvalue weighted by molar-refractivity contribution is -0.141. The number of carboxylic acids is 1. The number of carbonyl (C=O) groups is 2. The van der Waals surface area contributed by atoms with Crippen molar-refractivity contribution in [3.63, 3.8) is 0 Å². The van der Waals surface area contributed by atoms with Crippen molar-refractivity contribution in [2.75, 3.05) is 20.2 Å². The minimum atomic E-state index is -0.892. The van der Waals surface area contributed by atoms with E-state index in [1.807, 2.05) is 0 Å². The molecule has 1 atom stereocenters. The molecule has 0 saturated carbocycles. The van der Waals surface area contributed by atoms with Gasteiger partial charge in [-0.25, -0.2) is 0 Å². The molecule has 1 fully saturated rings. The molecule has 0 aromatic rings. The van der Waals surface area contributed by atoms with E-state index in [-0.39, 0.29) is 25.0 Å². The van der Waals surface area contributed by atoms with E-state index in [9.17, 15) is 9.59 Å². The first-order valence-electron chi connectivity index (χ1n) is 4.69. The van der Waals surface area contributed by atoms with E-state index in [4.69, 9.17) is 9.84 Å². The van der Waals surface area contributed by atoms with Crippen LogP contribution in [0, 0.1) is 0 Å². The Bertz CT molecular complexity index is 223. The van der Waals surface area contributed by atoms with Gasteiger partial charge in [-0.05, 0) is 12.8 Å². The van der Waals surface area contributed by atoms with Crippen LogP contribution in [0.4, 0.5) is 0 Å². The van der Waals surface area contributed by atoms with E-state index in [1.54, 1.807) is 7.05 Å². The van der Waals surface area contributed by atoms with Crippen LogP contribution < -0.4 is 0 Å². The fraction of sp³-hybridized carbons (Fsp3) is 0.778. The summed E-state index contributed by atoms with van der Waals surface area (Å²) >= 11 is 0. The first-order chi connectivity index (χ1) is 6.61. The van der Waals surface area contributed by atoms with Gasteiger partial charge in [0.15, 0.2) is 0 Å². The molecule has 1 aliphatic rings. The van der Waals surface area contributed by atoms with Crippen LogP contribution in [-0.2, 0) is 14.3 Å². The number of amides is 1. The van der Waals surface area contributed by atoms with Crippen LogP contribution in [-0.4, -0.2) is 48.2 Å². The zero-order valence-electron chi connectivity index (χ0n) is 8.23. The van der Waals surface area contributed by atoms with Gasteiger partial charge in [0.1, 0.15) is 6.10 Å². The fourth-order valence-corrected chi connectivity index (χ4v) is 1.39. The molecule has 1 rings (SSSR count). The van der Waals surface area contributed by atoms with E-state index in [0.29, 0.717) is 6.61 Å². The monoisotopic (exact) mass is 201 g/mol.